The lowest BCUT2D eigenvalue weighted by Gasteiger charge is -2.16. The summed E-state index contributed by atoms with van der Waals surface area (Å²) in [5, 5.41) is 2.87. The summed E-state index contributed by atoms with van der Waals surface area (Å²) >= 11 is 0. The van der Waals surface area contributed by atoms with Crippen molar-refractivity contribution in [1.82, 2.24) is 4.90 Å². The summed E-state index contributed by atoms with van der Waals surface area (Å²) in [5.41, 5.74) is 3.68. The van der Waals surface area contributed by atoms with E-state index in [0.717, 1.165) is 35.2 Å². The molecular formula is C25H32N2O4. The van der Waals surface area contributed by atoms with E-state index in [2.05, 4.69) is 12.2 Å². The second kappa shape index (κ2) is 11.8. The lowest BCUT2D eigenvalue weighted by molar-refractivity contribution is -0.129. The molecule has 2 rings (SSSR count). The highest BCUT2D eigenvalue weighted by Gasteiger charge is 2.12. The lowest BCUT2D eigenvalue weighted by Crippen LogP contribution is -2.34. The number of unbranched alkanes of at least 4 members (excludes halogenated alkanes) is 1. The van der Waals surface area contributed by atoms with E-state index in [0.29, 0.717) is 18.1 Å². The van der Waals surface area contributed by atoms with Crippen LogP contribution in [0.1, 0.15) is 36.5 Å². The van der Waals surface area contributed by atoms with Gasteiger partial charge in [-0.05, 0) is 61.2 Å². The number of aryl methyl sites for hydroxylation is 1. The van der Waals surface area contributed by atoms with Crippen molar-refractivity contribution in [3.8, 4) is 11.5 Å². The second-order valence-electron chi connectivity index (χ2n) is 7.44. The second-order valence-corrected chi connectivity index (χ2v) is 7.44. The van der Waals surface area contributed by atoms with Crippen LogP contribution in [0.4, 0.5) is 5.69 Å². The van der Waals surface area contributed by atoms with Crippen molar-refractivity contribution in [3.63, 3.8) is 0 Å². The van der Waals surface area contributed by atoms with Crippen LogP contribution in [0.15, 0.2) is 42.5 Å². The molecule has 166 valence electrons. The van der Waals surface area contributed by atoms with E-state index < -0.39 is 0 Å². The van der Waals surface area contributed by atoms with Gasteiger partial charge in [0.15, 0.2) is 11.5 Å². The molecule has 31 heavy (non-hydrogen) atoms. The number of ether oxygens (including phenoxy) is 2. The molecule has 0 spiro atoms. The third-order valence-corrected chi connectivity index (χ3v) is 5.00. The molecule has 2 aromatic carbocycles. The number of methoxy groups -OCH3 is 1. The highest BCUT2D eigenvalue weighted by atomic mass is 16.5. The SMILES string of the molecule is CCCCOc1ccc(/C=C/C(=O)N(C)CC(=O)Nc2cccc(C)c2C)cc1OC. The zero-order valence-electron chi connectivity index (χ0n) is 19.0. The average Bonchev–Trinajstić information content (AvgIpc) is 2.75. The molecule has 0 saturated heterocycles. The predicted molar refractivity (Wildman–Crippen MR) is 125 cm³/mol. The Morgan fingerprint density at radius 3 is 2.61 bits per heavy atom. The molecule has 0 fully saturated rings. The Morgan fingerprint density at radius 1 is 1.13 bits per heavy atom. The Kier molecular flexibility index (Phi) is 9.13. The Bertz CT molecular complexity index is 937. The van der Waals surface area contributed by atoms with Crippen molar-refractivity contribution in [2.45, 2.75) is 33.6 Å². The molecule has 0 saturated carbocycles. The van der Waals surface area contributed by atoms with E-state index in [1.54, 1.807) is 20.2 Å². The first-order valence-corrected chi connectivity index (χ1v) is 10.5. The highest BCUT2D eigenvalue weighted by molar-refractivity contribution is 5.98. The molecule has 0 aliphatic rings. The first-order valence-electron chi connectivity index (χ1n) is 10.5. The van der Waals surface area contributed by atoms with Crippen molar-refractivity contribution in [1.29, 1.82) is 0 Å². The van der Waals surface area contributed by atoms with Gasteiger partial charge in [-0.1, -0.05) is 31.5 Å². The molecular weight excluding hydrogens is 392 g/mol. The monoisotopic (exact) mass is 424 g/mol. The molecule has 0 radical (unpaired) electrons. The number of nitrogens with zero attached hydrogens (tertiary/aromatic N) is 1. The van der Waals surface area contributed by atoms with Crippen LogP contribution in [-0.4, -0.2) is 44.0 Å². The molecule has 1 N–H and O–H groups in total. The van der Waals surface area contributed by atoms with Crippen molar-refractivity contribution in [2.75, 3.05) is 32.6 Å². The fourth-order valence-corrected chi connectivity index (χ4v) is 2.90. The zero-order chi connectivity index (χ0) is 22.8. The molecule has 2 amide bonds. The van der Waals surface area contributed by atoms with Gasteiger partial charge in [0.1, 0.15) is 0 Å². The number of hydrogen-bond acceptors (Lipinski definition) is 4. The van der Waals surface area contributed by atoms with E-state index >= 15 is 0 Å². The first kappa shape index (κ1) is 24.0. The van der Waals surface area contributed by atoms with Gasteiger partial charge in [0, 0.05) is 18.8 Å². The topological polar surface area (TPSA) is 67.9 Å². The smallest absolute Gasteiger partial charge is 0.246 e. The van der Waals surface area contributed by atoms with Gasteiger partial charge in [-0.25, -0.2) is 0 Å². The van der Waals surface area contributed by atoms with Crippen LogP contribution in [0.25, 0.3) is 6.08 Å². The third kappa shape index (κ3) is 7.17. The third-order valence-electron chi connectivity index (χ3n) is 5.00. The van der Waals surface area contributed by atoms with Gasteiger partial charge in [-0.3, -0.25) is 9.59 Å². The molecule has 0 aliphatic carbocycles. The van der Waals surface area contributed by atoms with Crippen molar-refractivity contribution in [3.05, 3.63) is 59.2 Å². The number of benzene rings is 2. The summed E-state index contributed by atoms with van der Waals surface area (Å²) in [5.74, 6) is 0.790. The molecule has 0 aliphatic heterocycles. The summed E-state index contributed by atoms with van der Waals surface area (Å²) in [6, 6.07) is 11.2. The predicted octanol–water partition coefficient (Wildman–Crippen LogP) is 4.60. The van der Waals surface area contributed by atoms with Crippen LogP contribution in [0.5, 0.6) is 11.5 Å². The first-order chi connectivity index (χ1) is 14.8. The van der Waals surface area contributed by atoms with Crippen LogP contribution < -0.4 is 14.8 Å². The zero-order valence-corrected chi connectivity index (χ0v) is 19.0. The Hall–Kier alpha value is -3.28. The average molecular weight is 425 g/mol. The van der Waals surface area contributed by atoms with Gasteiger partial charge >= 0.3 is 0 Å². The van der Waals surface area contributed by atoms with Crippen molar-refractivity contribution in [2.24, 2.45) is 0 Å². The van der Waals surface area contributed by atoms with E-state index in [9.17, 15) is 9.59 Å². The summed E-state index contributed by atoms with van der Waals surface area (Å²) < 4.78 is 11.1. The Morgan fingerprint density at radius 2 is 1.90 bits per heavy atom. The van der Waals surface area contributed by atoms with Crippen LogP contribution in [0.3, 0.4) is 0 Å². The minimum absolute atomic E-state index is 0.0376. The summed E-state index contributed by atoms with van der Waals surface area (Å²) in [6.45, 7) is 6.65. The maximum atomic E-state index is 12.4. The maximum absolute atomic E-state index is 12.4. The molecule has 0 bridgehead atoms. The van der Waals surface area contributed by atoms with Crippen molar-refractivity contribution < 1.29 is 19.1 Å². The van der Waals surface area contributed by atoms with Gasteiger partial charge < -0.3 is 19.7 Å². The van der Waals surface area contributed by atoms with Crippen LogP contribution in [-0.2, 0) is 9.59 Å². The molecule has 0 unspecified atom stereocenters. The molecule has 6 nitrogen and oxygen atoms in total. The number of likely N-dealkylation sites (N-methyl/N-ethyl adjacent to an activating group) is 1. The van der Waals surface area contributed by atoms with E-state index in [1.165, 1.54) is 11.0 Å². The van der Waals surface area contributed by atoms with Crippen molar-refractivity contribution >= 4 is 23.6 Å². The van der Waals surface area contributed by atoms with Crippen LogP contribution in [0.2, 0.25) is 0 Å². The summed E-state index contributed by atoms with van der Waals surface area (Å²) in [7, 11) is 3.18. The molecule has 0 atom stereocenters. The molecule has 6 heteroatoms. The number of carbonyl (C=O) groups excluding carboxylic acids is 2. The van der Waals surface area contributed by atoms with Gasteiger partial charge in [0.2, 0.25) is 11.8 Å². The number of rotatable bonds is 10. The van der Waals surface area contributed by atoms with Gasteiger partial charge in [-0.2, -0.15) is 0 Å². The number of hydrogen-bond donors (Lipinski definition) is 1. The normalized spacial score (nSPS) is 10.7. The molecule has 2 aromatic rings. The maximum Gasteiger partial charge on any atom is 0.246 e. The molecule has 0 aromatic heterocycles. The largest absolute Gasteiger partial charge is 0.493 e. The number of carbonyl (C=O) groups is 2. The highest BCUT2D eigenvalue weighted by Crippen LogP contribution is 2.28. The number of nitrogens with one attached hydrogen (secondary N) is 1. The standard InChI is InChI=1S/C25H32N2O4/c1-6-7-15-31-22-13-11-20(16-23(22)30-5)12-14-25(29)27(4)17-24(28)26-21-10-8-9-18(2)19(21)3/h8-14,16H,6-7,15,17H2,1-5H3,(H,26,28)/b14-12+. The lowest BCUT2D eigenvalue weighted by atomic mass is 10.1. The summed E-state index contributed by atoms with van der Waals surface area (Å²) in [4.78, 5) is 26.1. The number of anilines is 1. The van der Waals surface area contributed by atoms with Gasteiger partial charge in [0.25, 0.3) is 0 Å². The minimum Gasteiger partial charge on any atom is -0.493 e. The van der Waals surface area contributed by atoms with Gasteiger partial charge in [0.05, 0.1) is 20.3 Å². The Labute approximate surface area is 184 Å². The summed E-state index contributed by atoms with van der Waals surface area (Å²) in [6.07, 6.45) is 5.17. The fraction of sp³-hybridized carbons (Fsp3) is 0.360. The van der Waals surface area contributed by atoms with E-state index in [4.69, 9.17) is 9.47 Å². The Balaban J connectivity index is 1.95. The van der Waals surface area contributed by atoms with E-state index in [1.807, 2.05) is 50.2 Å². The van der Waals surface area contributed by atoms with E-state index in [-0.39, 0.29) is 18.4 Å². The minimum atomic E-state index is -0.265. The molecule has 0 heterocycles. The number of amides is 2. The van der Waals surface area contributed by atoms with Gasteiger partial charge in [-0.15, -0.1) is 0 Å². The quantitative estimate of drug-likeness (QED) is 0.447. The van der Waals surface area contributed by atoms with Crippen LogP contribution >= 0.6 is 0 Å². The fourth-order valence-electron chi connectivity index (χ4n) is 2.90. The van der Waals surface area contributed by atoms with Crippen LogP contribution in [0, 0.1) is 13.8 Å².